The van der Waals surface area contributed by atoms with E-state index in [0.717, 1.165) is 77.0 Å². The number of carbonyl (C=O) groups excluding carboxylic acids is 2. The molecule has 0 rings (SSSR count). The SMILES string of the molecule is CC/C=C\C/C=C\C/C=C\C/C=C\C/C=C\CCCC(=O)OCC(COCCCCCCCCCCCCCCCCCCCCCC)OC(=O)CCCCCCCCC/C=C\CCCCCCCC. The van der Waals surface area contributed by atoms with Gasteiger partial charge in [-0.1, -0.05) is 280 Å². The Labute approximate surface area is 436 Å². The number of hydrogen-bond donors (Lipinski definition) is 0. The summed E-state index contributed by atoms with van der Waals surface area (Å²) in [6.45, 7) is 7.70. The molecule has 0 aliphatic heterocycles. The molecular weight excluding hydrogens is 861 g/mol. The van der Waals surface area contributed by atoms with Crippen molar-refractivity contribution in [2.75, 3.05) is 19.8 Å². The van der Waals surface area contributed by atoms with Crippen LogP contribution in [-0.2, 0) is 23.8 Å². The summed E-state index contributed by atoms with van der Waals surface area (Å²) in [4.78, 5) is 25.5. The maximum atomic E-state index is 12.9. The molecule has 0 saturated carbocycles. The van der Waals surface area contributed by atoms with Crippen LogP contribution in [0.3, 0.4) is 0 Å². The lowest BCUT2D eigenvalue weighted by Gasteiger charge is -2.18. The first-order valence-corrected chi connectivity index (χ1v) is 30.5. The summed E-state index contributed by atoms with van der Waals surface area (Å²) >= 11 is 0. The Hall–Kier alpha value is -2.66. The van der Waals surface area contributed by atoms with Gasteiger partial charge in [-0.05, 0) is 83.5 Å². The summed E-state index contributed by atoms with van der Waals surface area (Å²) in [6.07, 6.45) is 79.4. The van der Waals surface area contributed by atoms with Crippen molar-refractivity contribution in [3.8, 4) is 0 Å². The van der Waals surface area contributed by atoms with Crippen molar-refractivity contribution < 1.29 is 23.8 Å². The van der Waals surface area contributed by atoms with Gasteiger partial charge in [0.25, 0.3) is 0 Å². The van der Waals surface area contributed by atoms with Crippen LogP contribution in [0.5, 0.6) is 0 Å². The van der Waals surface area contributed by atoms with Crippen molar-refractivity contribution in [1.82, 2.24) is 0 Å². The van der Waals surface area contributed by atoms with Crippen LogP contribution in [0.25, 0.3) is 0 Å². The van der Waals surface area contributed by atoms with Crippen molar-refractivity contribution >= 4 is 11.9 Å². The average Bonchev–Trinajstić information content (AvgIpc) is 3.36. The third kappa shape index (κ3) is 57.9. The topological polar surface area (TPSA) is 61.8 Å². The molecule has 0 spiro atoms. The first-order valence-electron chi connectivity index (χ1n) is 30.5. The number of esters is 2. The Kier molecular flexibility index (Phi) is 58.3. The molecule has 0 aromatic heterocycles. The summed E-state index contributed by atoms with van der Waals surface area (Å²) in [7, 11) is 0. The van der Waals surface area contributed by atoms with Gasteiger partial charge >= 0.3 is 11.9 Å². The Morgan fingerprint density at radius 2 is 0.657 bits per heavy atom. The largest absolute Gasteiger partial charge is 0.462 e. The first kappa shape index (κ1) is 67.3. The van der Waals surface area contributed by atoms with E-state index in [1.807, 2.05) is 0 Å². The number of carbonyl (C=O) groups is 2. The quantitative estimate of drug-likeness (QED) is 0.0345. The van der Waals surface area contributed by atoms with Crippen LogP contribution in [0.2, 0.25) is 0 Å². The van der Waals surface area contributed by atoms with E-state index in [4.69, 9.17) is 14.2 Å². The number of allylic oxidation sites excluding steroid dienone is 12. The van der Waals surface area contributed by atoms with Gasteiger partial charge in [-0.25, -0.2) is 0 Å². The second kappa shape index (κ2) is 60.6. The molecule has 0 aromatic rings. The number of hydrogen-bond acceptors (Lipinski definition) is 5. The molecule has 0 aromatic carbocycles. The van der Waals surface area contributed by atoms with Crippen molar-refractivity contribution in [2.24, 2.45) is 0 Å². The maximum absolute atomic E-state index is 12.9. The van der Waals surface area contributed by atoms with Gasteiger partial charge in [-0.15, -0.1) is 0 Å². The molecule has 0 saturated heterocycles. The summed E-state index contributed by atoms with van der Waals surface area (Å²) in [5, 5.41) is 0. The van der Waals surface area contributed by atoms with Gasteiger partial charge in [-0.2, -0.15) is 0 Å². The van der Waals surface area contributed by atoms with Gasteiger partial charge in [-0.3, -0.25) is 9.59 Å². The lowest BCUT2D eigenvalue weighted by Crippen LogP contribution is -2.30. The van der Waals surface area contributed by atoms with Gasteiger partial charge in [0.15, 0.2) is 6.10 Å². The summed E-state index contributed by atoms with van der Waals surface area (Å²) in [5.74, 6) is -0.457. The molecule has 0 radical (unpaired) electrons. The monoisotopic (exact) mass is 977 g/mol. The van der Waals surface area contributed by atoms with E-state index >= 15 is 0 Å². The average molecular weight is 978 g/mol. The molecule has 1 atom stereocenters. The molecule has 0 aliphatic rings. The van der Waals surface area contributed by atoms with Gasteiger partial charge in [0, 0.05) is 19.4 Å². The third-order valence-corrected chi connectivity index (χ3v) is 13.2. The molecule has 0 fully saturated rings. The Morgan fingerprint density at radius 3 is 1.09 bits per heavy atom. The van der Waals surface area contributed by atoms with Gasteiger partial charge < -0.3 is 14.2 Å². The van der Waals surface area contributed by atoms with E-state index in [1.165, 1.54) is 193 Å². The first-order chi connectivity index (χ1) is 34.6. The van der Waals surface area contributed by atoms with Crippen LogP contribution < -0.4 is 0 Å². The molecule has 5 nitrogen and oxygen atoms in total. The molecule has 70 heavy (non-hydrogen) atoms. The molecule has 0 heterocycles. The number of rotatable bonds is 56. The lowest BCUT2D eigenvalue weighted by molar-refractivity contribution is -0.163. The second-order valence-electron chi connectivity index (χ2n) is 20.2. The van der Waals surface area contributed by atoms with Crippen LogP contribution in [0.4, 0.5) is 0 Å². The number of unbranched alkanes of at least 4 members (excludes halogenated alkanes) is 33. The van der Waals surface area contributed by atoms with Crippen LogP contribution in [-0.4, -0.2) is 37.9 Å². The van der Waals surface area contributed by atoms with Crippen LogP contribution in [0.1, 0.15) is 303 Å². The second-order valence-corrected chi connectivity index (χ2v) is 20.2. The molecule has 0 N–H and O–H groups in total. The standard InChI is InChI=1S/C65H116O5/c1-4-7-10-13-16-19-22-25-28-31-32-33-36-39-42-45-48-51-54-57-60-68-61-63(70-65(67)59-56-53-50-47-44-41-38-35-30-27-24-21-18-15-12-9-6-3)62-69-64(66)58-55-52-49-46-43-40-37-34-29-26-23-20-17-14-11-8-5-2/h8,11,17,20,26-27,29-30,37,40,46,49,63H,4-7,9-10,12-16,18-19,21-25,28,31-36,38-39,41-45,47-48,50-62H2,1-3H3/b11-8-,20-17-,29-26-,30-27-,40-37-,49-46-. The molecule has 0 amide bonds. The Morgan fingerprint density at radius 1 is 0.329 bits per heavy atom. The van der Waals surface area contributed by atoms with E-state index < -0.39 is 6.10 Å². The fourth-order valence-electron chi connectivity index (χ4n) is 8.72. The minimum Gasteiger partial charge on any atom is -0.462 e. The predicted molar refractivity (Wildman–Crippen MR) is 307 cm³/mol. The molecule has 0 aliphatic carbocycles. The Balaban J connectivity index is 4.32. The van der Waals surface area contributed by atoms with E-state index in [9.17, 15) is 9.59 Å². The zero-order valence-electron chi connectivity index (χ0n) is 46.8. The summed E-state index contributed by atoms with van der Waals surface area (Å²) in [6, 6.07) is 0. The van der Waals surface area contributed by atoms with Crippen LogP contribution in [0.15, 0.2) is 72.9 Å². The van der Waals surface area contributed by atoms with Crippen molar-refractivity contribution in [3.05, 3.63) is 72.9 Å². The molecular formula is C65H116O5. The maximum Gasteiger partial charge on any atom is 0.306 e. The lowest BCUT2D eigenvalue weighted by atomic mass is 10.0. The van der Waals surface area contributed by atoms with E-state index in [-0.39, 0.29) is 25.2 Å². The highest BCUT2D eigenvalue weighted by Gasteiger charge is 2.17. The normalized spacial score (nSPS) is 12.7. The van der Waals surface area contributed by atoms with Crippen molar-refractivity contribution in [3.63, 3.8) is 0 Å². The zero-order valence-corrected chi connectivity index (χ0v) is 46.8. The van der Waals surface area contributed by atoms with Gasteiger partial charge in [0.2, 0.25) is 0 Å². The van der Waals surface area contributed by atoms with Crippen LogP contribution >= 0.6 is 0 Å². The van der Waals surface area contributed by atoms with E-state index in [0.29, 0.717) is 19.4 Å². The fourth-order valence-corrected chi connectivity index (χ4v) is 8.72. The molecule has 0 bridgehead atoms. The van der Waals surface area contributed by atoms with Crippen molar-refractivity contribution in [2.45, 2.75) is 309 Å². The molecule has 406 valence electrons. The third-order valence-electron chi connectivity index (χ3n) is 13.2. The van der Waals surface area contributed by atoms with Gasteiger partial charge in [0.1, 0.15) is 6.61 Å². The highest BCUT2D eigenvalue weighted by atomic mass is 16.6. The summed E-state index contributed by atoms with van der Waals surface area (Å²) in [5.41, 5.74) is 0. The molecule has 1 unspecified atom stereocenters. The van der Waals surface area contributed by atoms with Crippen LogP contribution in [0, 0.1) is 0 Å². The number of ether oxygens (including phenoxy) is 3. The summed E-state index contributed by atoms with van der Waals surface area (Å²) < 4.78 is 17.5. The fraction of sp³-hybridized carbons (Fsp3) is 0.785. The highest BCUT2D eigenvalue weighted by Crippen LogP contribution is 2.16. The van der Waals surface area contributed by atoms with E-state index in [1.54, 1.807) is 0 Å². The highest BCUT2D eigenvalue weighted by molar-refractivity contribution is 5.70. The molecule has 5 heteroatoms. The minimum atomic E-state index is -0.563. The van der Waals surface area contributed by atoms with Crippen molar-refractivity contribution in [1.29, 1.82) is 0 Å². The Bertz CT molecular complexity index is 1240. The predicted octanol–water partition coefficient (Wildman–Crippen LogP) is 21.0. The smallest absolute Gasteiger partial charge is 0.306 e. The van der Waals surface area contributed by atoms with E-state index in [2.05, 4.69) is 93.7 Å². The van der Waals surface area contributed by atoms with Gasteiger partial charge in [0.05, 0.1) is 6.61 Å². The zero-order chi connectivity index (χ0) is 50.6. The minimum absolute atomic E-state index is 0.0553.